The zero-order valence-electron chi connectivity index (χ0n) is 12.3. The van der Waals surface area contributed by atoms with E-state index in [0.29, 0.717) is 27.7 Å². The first-order chi connectivity index (χ1) is 11.1. The lowest BCUT2D eigenvalue weighted by Crippen LogP contribution is -2.05. The lowest BCUT2D eigenvalue weighted by molar-refractivity contribution is 0.0437. The van der Waals surface area contributed by atoms with E-state index in [-0.39, 0.29) is 12.4 Å². The number of carbonyl (C=O) groups excluding carboxylic acids is 1. The number of hydrogen-bond donors (Lipinski definition) is 0. The van der Waals surface area contributed by atoms with Crippen LogP contribution in [-0.2, 0) is 11.3 Å². The van der Waals surface area contributed by atoms with Crippen LogP contribution in [-0.4, -0.2) is 5.97 Å². The van der Waals surface area contributed by atoms with Crippen LogP contribution in [0.1, 0.15) is 27.2 Å². The molecule has 4 nitrogen and oxygen atoms in total. The van der Waals surface area contributed by atoms with Gasteiger partial charge in [0.15, 0.2) is 0 Å². The van der Waals surface area contributed by atoms with Gasteiger partial charge in [0.2, 0.25) is 5.76 Å². The Balaban J connectivity index is 1.81. The first-order valence-corrected chi connectivity index (χ1v) is 6.93. The van der Waals surface area contributed by atoms with E-state index >= 15 is 0 Å². The minimum absolute atomic E-state index is 0.0270. The Kier molecular flexibility index (Phi) is 3.82. The highest BCUT2D eigenvalue weighted by molar-refractivity contribution is 5.95. The van der Waals surface area contributed by atoms with Crippen molar-refractivity contribution in [2.45, 2.75) is 13.5 Å². The summed E-state index contributed by atoms with van der Waals surface area (Å²) in [4.78, 5) is 12.2. The fraction of sp³-hybridized carbons (Fsp3) is 0.111. The van der Waals surface area contributed by atoms with Gasteiger partial charge in [-0.1, -0.05) is 12.1 Å². The molecule has 0 N–H and O–H groups in total. The molecule has 0 saturated carbocycles. The fourth-order valence-corrected chi connectivity index (χ4v) is 2.33. The number of aryl methyl sites for hydroxylation is 1. The summed E-state index contributed by atoms with van der Waals surface area (Å²) in [6.45, 7) is 1.71. The molecule has 0 aliphatic carbocycles. The van der Waals surface area contributed by atoms with E-state index in [2.05, 4.69) is 0 Å². The largest absolute Gasteiger partial charge is 0.455 e. The van der Waals surface area contributed by atoms with Crippen molar-refractivity contribution in [2.24, 2.45) is 0 Å². The van der Waals surface area contributed by atoms with Gasteiger partial charge in [-0.15, -0.1) is 0 Å². The van der Waals surface area contributed by atoms with Crippen molar-refractivity contribution < 1.29 is 18.3 Å². The number of benzene rings is 2. The molecule has 5 heteroatoms. The molecule has 0 saturated heterocycles. The molecule has 0 bridgehead atoms. The molecule has 114 valence electrons. The van der Waals surface area contributed by atoms with Gasteiger partial charge in [0.1, 0.15) is 18.0 Å². The van der Waals surface area contributed by atoms with Gasteiger partial charge in [-0.2, -0.15) is 5.26 Å². The van der Waals surface area contributed by atoms with Gasteiger partial charge in [-0.3, -0.25) is 0 Å². The highest BCUT2D eigenvalue weighted by Crippen LogP contribution is 2.26. The van der Waals surface area contributed by atoms with Crippen LogP contribution >= 0.6 is 0 Å². The predicted octanol–water partition coefficient (Wildman–Crippen LogP) is 4.11. The molecule has 2 aromatic carbocycles. The van der Waals surface area contributed by atoms with E-state index in [0.717, 1.165) is 0 Å². The van der Waals surface area contributed by atoms with Gasteiger partial charge in [-0.05, 0) is 42.8 Å². The molecule has 0 fully saturated rings. The third-order valence-corrected chi connectivity index (χ3v) is 3.51. The number of nitrogens with zero attached hydrogens (tertiary/aromatic N) is 1. The van der Waals surface area contributed by atoms with E-state index in [1.807, 2.05) is 6.07 Å². The number of hydrogen-bond acceptors (Lipinski definition) is 4. The standard InChI is InChI=1S/C18H12FNO3/c1-11-15-8-14(19)5-6-16(15)23-17(11)18(21)22-10-13-4-2-3-12(7-13)9-20/h2-8H,10H2,1H3. The number of rotatable bonds is 3. The van der Waals surface area contributed by atoms with Crippen LogP contribution < -0.4 is 0 Å². The van der Waals surface area contributed by atoms with Crippen molar-refractivity contribution in [3.8, 4) is 6.07 Å². The summed E-state index contributed by atoms with van der Waals surface area (Å²) in [6, 6.07) is 12.9. The molecule has 0 aliphatic heterocycles. The maximum atomic E-state index is 13.3. The Hall–Kier alpha value is -3.13. The first-order valence-electron chi connectivity index (χ1n) is 6.93. The van der Waals surface area contributed by atoms with Crippen LogP contribution in [0.2, 0.25) is 0 Å². The third kappa shape index (κ3) is 2.92. The van der Waals surface area contributed by atoms with E-state index in [4.69, 9.17) is 14.4 Å². The van der Waals surface area contributed by atoms with Crippen LogP contribution in [0.5, 0.6) is 0 Å². The van der Waals surface area contributed by atoms with Crippen LogP contribution in [0.4, 0.5) is 4.39 Å². The molecule has 0 spiro atoms. The number of furan rings is 1. The topological polar surface area (TPSA) is 63.2 Å². The molecule has 0 unspecified atom stereocenters. The van der Waals surface area contributed by atoms with Gasteiger partial charge in [0.25, 0.3) is 0 Å². The van der Waals surface area contributed by atoms with Crippen LogP contribution in [0, 0.1) is 24.1 Å². The molecule has 23 heavy (non-hydrogen) atoms. The Morgan fingerprint density at radius 3 is 2.91 bits per heavy atom. The monoisotopic (exact) mass is 309 g/mol. The summed E-state index contributed by atoms with van der Waals surface area (Å²) >= 11 is 0. The molecule has 0 atom stereocenters. The van der Waals surface area contributed by atoms with E-state index in [9.17, 15) is 9.18 Å². The molecule has 0 amide bonds. The van der Waals surface area contributed by atoms with Gasteiger partial charge >= 0.3 is 5.97 Å². The molecule has 1 heterocycles. The van der Waals surface area contributed by atoms with Crippen molar-refractivity contribution in [1.29, 1.82) is 5.26 Å². The number of fused-ring (bicyclic) bond motifs is 1. The molecule has 1 aromatic heterocycles. The molecular formula is C18H12FNO3. The summed E-state index contributed by atoms with van der Waals surface area (Å²) in [5, 5.41) is 9.40. The average Bonchev–Trinajstić information content (AvgIpc) is 2.89. The molecular weight excluding hydrogens is 297 g/mol. The number of halogens is 1. The minimum Gasteiger partial charge on any atom is -0.455 e. The zero-order chi connectivity index (χ0) is 16.4. The minimum atomic E-state index is -0.624. The zero-order valence-corrected chi connectivity index (χ0v) is 12.3. The van der Waals surface area contributed by atoms with Gasteiger partial charge < -0.3 is 9.15 Å². The molecule has 3 aromatic rings. The molecule has 3 rings (SSSR count). The van der Waals surface area contributed by atoms with E-state index in [1.165, 1.54) is 18.2 Å². The highest BCUT2D eigenvalue weighted by Gasteiger charge is 2.19. The second-order valence-corrected chi connectivity index (χ2v) is 5.08. The first kappa shape index (κ1) is 14.8. The Morgan fingerprint density at radius 1 is 1.30 bits per heavy atom. The molecule has 0 aliphatic rings. The fourth-order valence-electron chi connectivity index (χ4n) is 2.33. The summed E-state index contributed by atoms with van der Waals surface area (Å²) in [5.41, 5.74) is 2.17. The number of ether oxygens (including phenoxy) is 1. The van der Waals surface area contributed by atoms with Crippen molar-refractivity contribution in [3.63, 3.8) is 0 Å². The van der Waals surface area contributed by atoms with Crippen LogP contribution in [0.3, 0.4) is 0 Å². The molecule has 0 radical (unpaired) electrons. The van der Waals surface area contributed by atoms with Gasteiger partial charge in [0.05, 0.1) is 11.6 Å². The number of esters is 1. The van der Waals surface area contributed by atoms with Crippen LogP contribution in [0.15, 0.2) is 46.9 Å². The summed E-state index contributed by atoms with van der Waals surface area (Å²) in [5.74, 6) is -0.960. The SMILES string of the molecule is Cc1c(C(=O)OCc2cccc(C#N)c2)oc2ccc(F)cc12. The van der Waals surface area contributed by atoms with Crippen molar-refractivity contribution in [1.82, 2.24) is 0 Å². The van der Waals surface area contributed by atoms with Gasteiger partial charge in [-0.25, -0.2) is 9.18 Å². The third-order valence-electron chi connectivity index (χ3n) is 3.51. The number of nitriles is 1. The Bertz CT molecular complexity index is 937. The maximum Gasteiger partial charge on any atom is 0.374 e. The van der Waals surface area contributed by atoms with Gasteiger partial charge in [0, 0.05) is 10.9 Å². The maximum absolute atomic E-state index is 13.3. The van der Waals surface area contributed by atoms with E-state index in [1.54, 1.807) is 31.2 Å². The second-order valence-electron chi connectivity index (χ2n) is 5.08. The number of carbonyl (C=O) groups is 1. The summed E-state index contributed by atoms with van der Waals surface area (Å²) in [6.07, 6.45) is 0. The van der Waals surface area contributed by atoms with Crippen molar-refractivity contribution in [3.05, 3.63) is 70.7 Å². The lowest BCUT2D eigenvalue weighted by Gasteiger charge is -2.04. The van der Waals surface area contributed by atoms with Crippen molar-refractivity contribution >= 4 is 16.9 Å². The average molecular weight is 309 g/mol. The quantitative estimate of drug-likeness (QED) is 0.683. The van der Waals surface area contributed by atoms with Crippen LogP contribution in [0.25, 0.3) is 11.0 Å². The Morgan fingerprint density at radius 2 is 2.13 bits per heavy atom. The Labute approximate surface area is 131 Å². The normalized spacial score (nSPS) is 10.5. The summed E-state index contributed by atoms with van der Waals surface area (Å²) < 4.78 is 24.0. The second kappa shape index (κ2) is 5.93. The smallest absolute Gasteiger partial charge is 0.374 e. The highest BCUT2D eigenvalue weighted by atomic mass is 19.1. The van der Waals surface area contributed by atoms with Crippen molar-refractivity contribution in [2.75, 3.05) is 0 Å². The van der Waals surface area contributed by atoms with E-state index < -0.39 is 11.8 Å². The lowest BCUT2D eigenvalue weighted by atomic mass is 10.1. The predicted molar refractivity (Wildman–Crippen MR) is 81.2 cm³/mol. The summed E-state index contributed by atoms with van der Waals surface area (Å²) in [7, 11) is 0.